The predicted octanol–water partition coefficient (Wildman–Crippen LogP) is 4.40. The van der Waals surface area contributed by atoms with E-state index >= 15 is 0 Å². The summed E-state index contributed by atoms with van der Waals surface area (Å²) in [6.45, 7) is 7.44. The Balaban J connectivity index is 2.04. The lowest BCUT2D eigenvalue weighted by Crippen LogP contribution is -2.51. The van der Waals surface area contributed by atoms with Gasteiger partial charge in [0.1, 0.15) is 24.1 Å². The lowest BCUT2D eigenvalue weighted by Gasteiger charge is -2.32. The highest BCUT2D eigenvalue weighted by molar-refractivity contribution is 7.92. The van der Waals surface area contributed by atoms with Crippen molar-refractivity contribution in [3.05, 3.63) is 83.9 Å². The van der Waals surface area contributed by atoms with E-state index in [-0.39, 0.29) is 29.0 Å². The quantitative estimate of drug-likeness (QED) is 0.321. The smallest absolute Gasteiger partial charge is 0.264 e. The highest BCUT2D eigenvalue weighted by atomic mass is 32.2. The Morgan fingerprint density at radius 2 is 1.51 bits per heavy atom. The van der Waals surface area contributed by atoms with Gasteiger partial charge in [0, 0.05) is 13.1 Å². The minimum Gasteiger partial charge on any atom is -0.497 e. The van der Waals surface area contributed by atoms with E-state index in [2.05, 4.69) is 5.32 Å². The van der Waals surface area contributed by atoms with Crippen LogP contribution >= 0.6 is 0 Å². The topological polar surface area (TPSA) is 105 Å². The van der Waals surface area contributed by atoms with Crippen LogP contribution < -0.4 is 19.1 Å². The van der Waals surface area contributed by atoms with Gasteiger partial charge in [0.25, 0.3) is 10.0 Å². The number of para-hydroxylation sites is 2. The Hall–Kier alpha value is -4.05. The molecule has 0 heterocycles. The summed E-state index contributed by atoms with van der Waals surface area (Å²) < 4.78 is 39.7. The average molecular weight is 582 g/mol. The van der Waals surface area contributed by atoms with E-state index in [0.717, 1.165) is 15.4 Å². The van der Waals surface area contributed by atoms with Gasteiger partial charge in [0.2, 0.25) is 11.8 Å². The second kappa shape index (κ2) is 14.0. The molecule has 9 nitrogen and oxygen atoms in total. The number of hydrogen-bond donors (Lipinski definition) is 1. The molecule has 0 fully saturated rings. The molecule has 0 radical (unpaired) electrons. The summed E-state index contributed by atoms with van der Waals surface area (Å²) in [5.74, 6) is 0.291. The number of rotatable bonds is 13. The monoisotopic (exact) mass is 581 g/mol. The summed E-state index contributed by atoms with van der Waals surface area (Å²) >= 11 is 0. The maximum atomic E-state index is 14.0. The van der Waals surface area contributed by atoms with Crippen LogP contribution in [0.1, 0.15) is 31.9 Å². The molecule has 0 bridgehead atoms. The van der Waals surface area contributed by atoms with Crippen LogP contribution in [-0.2, 0) is 26.2 Å². The third-order valence-electron chi connectivity index (χ3n) is 6.61. The average Bonchev–Trinajstić information content (AvgIpc) is 2.97. The van der Waals surface area contributed by atoms with Crippen molar-refractivity contribution in [3.8, 4) is 11.5 Å². The maximum Gasteiger partial charge on any atom is 0.264 e. The minimum absolute atomic E-state index is 0.0336. The largest absolute Gasteiger partial charge is 0.497 e. The van der Waals surface area contributed by atoms with Crippen molar-refractivity contribution in [2.45, 2.75) is 45.2 Å². The third-order valence-corrected chi connectivity index (χ3v) is 8.38. The van der Waals surface area contributed by atoms with E-state index in [1.807, 2.05) is 20.8 Å². The number of benzene rings is 3. The van der Waals surface area contributed by atoms with Gasteiger partial charge in [-0.1, -0.05) is 55.8 Å². The lowest BCUT2D eigenvalue weighted by molar-refractivity contribution is -0.139. The van der Waals surface area contributed by atoms with Crippen molar-refractivity contribution in [1.82, 2.24) is 10.2 Å². The first-order chi connectivity index (χ1) is 19.5. The molecule has 0 unspecified atom stereocenters. The Labute approximate surface area is 243 Å². The van der Waals surface area contributed by atoms with Gasteiger partial charge in [0.15, 0.2) is 0 Å². The fourth-order valence-electron chi connectivity index (χ4n) is 4.15. The molecule has 3 rings (SSSR count). The number of carbonyl (C=O) groups excluding carboxylic acids is 2. The SMILES string of the molecule is COc1ccc(CN(C(=O)CN(c2ccccc2OC)S(=O)(=O)c2ccc(C)cc2)[C@@H](C)C(=O)NCC(C)C)cc1. The number of methoxy groups -OCH3 is 2. The molecule has 220 valence electrons. The molecule has 0 saturated carbocycles. The molecule has 0 spiro atoms. The van der Waals surface area contributed by atoms with Crippen molar-refractivity contribution in [1.29, 1.82) is 0 Å². The van der Waals surface area contributed by atoms with Crippen molar-refractivity contribution in [3.63, 3.8) is 0 Å². The van der Waals surface area contributed by atoms with Crippen molar-refractivity contribution in [2.24, 2.45) is 5.92 Å². The van der Waals surface area contributed by atoms with Gasteiger partial charge in [-0.15, -0.1) is 0 Å². The summed E-state index contributed by atoms with van der Waals surface area (Å²) in [4.78, 5) is 28.6. The first kappa shape index (κ1) is 31.5. The zero-order valence-electron chi connectivity index (χ0n) is 24.5. The molecule has 10 heteroatoms. The molecule has 0 aliphatic rings. The van der Waals surface area contributed by atoms with Crippen LogP contribution in [0.25, 0.3) is 0 Å². The van der Waals surface area contributed by atoms with Crippen molar-refractivity contribution in [2.75, 3.05) is 31.6 Å². The van der Waals surface area contributed by atoms with Gasteiger partial charge in [0.05, 0.1) is 24.8 Å². The van der Waals surface area contributed by atoms with Gasteiger partial charge in [-0.25, -0.2) is 8.42 Å². The zero-order valence-corrected chi connectivity index (χ0v) is 25.3. The molecule has 41 heavy (non-hydrogen) atoms. The molecule has 3 aromatic carbocycles. The Morgan fingerprint density at radius 3 is 2.10 bits per heavy atom. The second-order valence-corrected chi connectivity index (χ2v) is 12.0. The Kier molecular flexibility index (Phi) is 10.8. The summed E-state index contributed by atoms with van der Waals surface area (Å²) in [7, 11) is -1.19. The van der Waals surface area contributed by atoms with Crippen LogP contribution in [0.3, 0.4) is 0 Å². The molecular formula is C31H39N3O6S. The number of hydrogen-bond acceptors (Lipinski definition) is 6. The molecular weight excluding hydrogens is 542 g/mol. The molecule has 3 aromatic rings. The first-order valence-corrected chi connectivity index (χ1v) is 14.8. The van der Waals surface area contributed by atoms with Gasteiger partial charge in [-0.05, 0) is 61.7 Å². The zero-order chi connectivity index (χ0) is 30.2. The number of sulfonamides is 1. The maximum absolute atomic E-state index is 14.0. The minimum atomic E-state index is -4.19. The van der Waals surface area contributed by atoms with Crippen LogP contribution in [0.15, 0.2) is 77.7 Å². The van der Waals surface area contributed by atoms with Gasteiger partial charge < -0.3 is 19.7 Å². The van der Waals surface area contributed by atoms with E-state index < -0.39 is 28.5 Å². The van der Waals surface area contributed by atoms with Crippen LogP contribution in [0, 0.1) is 12.8 Å². The van der Waals surface area contributed by atoms with E-state index in [9.17, 15) is 18.0 Å². The number of carbonyl (C=O) groups is 2. The second-order valence-electron chi connectivity index (χ2n) is 10.2. The van der Waals surface area contributed by atoms with Crippen LogP contribution in [0.2, 0.25) is 0 Å². The van der Waals surface area contributed by atoms with Gasteiger partial charge >= 0.3 is 0 Å². The van der Waals surface area contributed by atoms with Crippen LogP contribution in [0.5, 0.6) is 11.5 Å². The summed E-state index contributed by atoms with van der Waals surface area (Å²) in [6.07, 6.45) is 0. The van der Waals surface area contributed by atoms with Crippen molar-refractivity contribution < 1.29 is 27.5 Å². The van der Waals surface area contributed by atoms with Crippen LogP contribution in [0.4, 0.5) is 5.69 Å². The molecule has 0 aliphatic heterocycles. The number of nitrogens with one attached hydrogen (secondary N) is 1. The normalized spacial score (nSPS) is 12.0. The van der Waals surface area contributed by atoms with Crippen molar-refractivity contribution >= 4 is 27.5 Å². The fraction of sp³-hybridized carbons (Fsp3) is 0.355. The van der Waals surface area contributed by atoms with Gasteiger partial charge in [-0.3, -0.25) is 13.9 Å². The van der Waals surface area contributed by atoms with E-state index in [1.165, 1.54) is 24.1 Å². The molecule has 0 aromatic heterocycles. The third kappa shape index (κ3) is 8.00. The summed E-state index contributed by atoms with van der Waals surface area (Å²) in [6, 6.07) is 19.3. The molecule has 1 N–H and O–H groups in total. The predicted molar refractivity (Wildman–Crippen MR) is 160 cm³/mol. The Bertz CT molecular complexity index is 1420. The highest BCUT2D eigenvalue weighted by Gasteiger charge is 2.33. The molecule has 0 saturated heterocycles. The van der Waals surface area contributed by atoms with Gasteiger partial charge in [-0.2, -0.15) is 0 Å². The molecule has 1 atom stereocenters. The summed E-state index contributed by atoms with van der Waals surface area (Å²) in [5, 5.41) is 2.88. The van der Waals surface area contributed by atoms with E-state index in [4.69, 9.17) is 9.47 Å². The van der Waals surface area contributed by atoms with E-state index in [1.54, 1.807) is 74.7 Å². The summed E-state index contributed by atoms with van der Waals surface area (Å²) in [5.41, 5.74) is 1.87. The van der Waals surface area contributed by atoms with Crippen LogP contribution in [-0.4, -0.2) is 58.5 Å². The number of nitrogens with zero attached hydrogens (tertiary/aromatic N) is 2. The number of aryl methyl sites for hydroxylation is 1. The number of amides is 2. The molecule has 2 amide bonds. The standard InChI is InChI=1S/C31H39N3O6S/c1-22(2)19-32-31(36)24(4)33(20-25-13-15-26(39-5)16-14-25)30(35)21-34(28-9-7-8-10-29(28)40-6)41(37,38)27-17-11-23(3)12-18-27/h7-18,22,24H,19-21H2,1-6H3,(H,32,36)/t24-/m0/s1. The lowest BCUT2D eigenvalue weighted by atomic mass is 10.1. The molecule has 0 aliphatic carbocycles. The number of anilines is 1. The van der Waals surface area contributed by atoms with E-state index in [0.29, 0.717) is 18.0 Å². The first-order valence-electron chi connectivity index (χ1n) is 13.4. The Morgan fingerprint density at radius 1 is 0.878 bits per heavy atom. The highest BCUT2D eigenvalue weighted by Crippen LogP contribution is 2.32. The number of ether oxygens (including phenoxy) is 2. The fourth-order valence-corrected chi connectivity index (χ4v) is 5.57.